The Hall–Kier alpha value is -2.49. The molecule has 0 spiro atoms. The summed E-state index contributed by atoms with van der Waals surface area (Å²) < 4.78 is 80.9. The summed E-state index contributed by atoms with van der Waals surface area (Å²) in [4.78, 5) is 53.8. The van der Waals surface area contributed by atoms with Gasteiger partial charge < -0.3 is 24.6 Å². The number of Topliss-reactive ketones (excluding diaryl/α,β-unsaturated/α-hetero) is 1. The van der Waals surface area contributed by atoms with E-state index in [9.17, 15) is 19.0 Å². The molecule has 3 aromatic rings. The van der Waals surface area contributed by atoms with Crippen molar-refractivity contribution in [1.82, 2.24) is 29.1 Å². The number of nitrogens with two attached hydrogens (primary N) is 1. The van der Waals surface area contributed by atoms with Gasteiger partial charge in [0, 0.05) is 12.6 Å². The maximum Gasteiger partial charge on any atom is 0.386 e. The Labute approximate surface area is 260 Å². The van der Waals surface area contributed by atoms with Crippen LogP contribution < -0.4 is 11.3 Å². The van der Waals surface area contributed by atoms with E-state index in [-0.39, 0.29) is 40.8 Å². The van der Waals surface area contributed by atoms with Crippen LogP contribution in [0.4, 0.5) is 20.5 Å². The topological polar surface area (TPSA) is 230 Å². The Morgan fingerprint density at radius 1 is 1.04 bits per heavy atom. The maximum absolute atomic E-state index is 16.0. The lowest BCUT2D eigenvalue weighted by molar-refractivity contribution is -0.0581. The van der Waals surface area contributed by atoms with Crippen molar-refractivity contribution >= 4 is 72.5 Å². The Balaban J connectivity index is 1.20. The van der Waals surface area contributed by atoms with Crippen LogP contribution in [-0.4, -0.2) is 95.9 Å². The second-order valence-electron chi connectivity index (χ2n) is 10.2. The molecule has 4 aliphatic heterocycles. The number of nitrogens with zero attached hydrogens (tertiary/aromatic N) is 6. The fraction of sp³-hybridized carbons (Fsp3) is 0.524. The molecule has 0 aliphatic carbocycles. The van der Waals surface area contributed by atoms with Crippen molar-refractivity contribution in [2.45, 2.75) is 55.6 Å². The van der Waals surface area contributed by atoms with Gasteiger partial charge in [0.05, 0.1) is 25.9 Å². The highest BCUT2D eigenvalue weighted by Crippen LogP contribution is 2.59. The molecule has 7 heterocycles. The molecule has 10 atom stereocenters. The molecule has 2 bridgehead atoms. The third-order valence-electron chi connectivity index (χ3n) is 7.37. The average Bonchev–Trinajstić information content (AvgIpc) is 3.72. The number of aromatic amines is 1. The number of hydrogen-bond acceptors (Lipinski definition) is 15. The first-order chi connectivity index (χ1) is 21.3. The maximum atomic E-state index is 16.0. The molecular formula is C21H22F2N8O10P2S2. The number of carbonyl (C=O) groups is 1. The van der Waals surface area contributed by atoms with Gasteiger partial charge in [0.2, 0.25) is 5.95 Å². The Bertz CT molecular complexity index is 1880. The SMILES string of the molecule is Nc1nc2c(ncn2[C@@H]2O[C@@H]3COP(O)(=S)O[C@H]4[C@H](F)[C@H](n5cnc6c5N=CCC6=O)O[C@@H]4COP(=O)(S)O[C@@H]2[C@H]3F)c(=O)[nH]1. The van der Waals surface area contributed by atoms with Crippen LogP contribution in [0.25, 0.3) is 11.2 Å². The molecule has 4 aliphatic rings. The predicted octanol–water partition coefficient (Wildman–Crippen LogP) is 1.43. The first kappa shape index (κ1) is 31.1. The number of imidazole rings is 2. The molecule has 3 saturated heterocycles. The summed E-state index contributed by atoms with van der Waals surface area (Å²) in [5, 5.41) is 0. The Morgan fingerprint density at radius 3 is 2.58 bits per heavy atom. The van der Waals surface area contributed by atoms with E-state index in [1.807, 2.05) is 0 Å². The van der Waals surface area contributed by atoms with E-state index in [1.165, 1.54) is 10.8 Å². The number of halogens is 2. The van der Waals surface area contributed by atoms with Crippen LogP contribution in [0.2, 0.25) is 0 Å². The number of alkyl halides is 2. The molecule has 0 radical (unpaired) electrons. The number of thiol groups is 1. The van der Waals surface area contributed by atoms with Crippen LogP contribution in [0.5, 0.6) is 0 Å². The summed E-state index contributed by atoms with van der Waals surface area (Å²) in [6.45, 7) is -10.3. The van der Waals surface area contributed by atoms with E-state index in [4.69, 9.17) is 45.1 Å². The Morgan fingerprint density at radius 2 is 1.78 bits per heavy atom. The number of fused-ring (bicyclic) bond motifs is 5. The molecule has 0 amide bonds. The van der Waals surface area contributed by atoms with Crippen molar-refractivity contribution in [2.75, 3.05) is 18.9 Å². The molecule has 0 aromatic carbocycles. The van der Waals surface area contributed by atoms with Gasteiger partial charge in [-0.1, -0.05) is 12.2 Å². The van der Waals surface area contributed by atoms with Crippen LogP contribution in [0.3, 0.4) is 0 Å². The molecular weight excluding hydrogens is 688 g/mol. The van der Waals surface area contributed by atoms with Crippen LogP contribution in [0, 0.1) is 0 Å². The number of nitrogen functional groups attached to an aromatic ring is 1. The second kappa shape index (κ2) is 11.3. The number of aromatic nitrogens is 6. The van der Waals surface area contributed by atoms with Crippen molar-refractivity contribution in [3.05, 3.63) is 28.7 Å². The average molecular weight is 711 g/mol. The molecule has 4 N–H and O–H groups in total. The lowest BCUT2D eigenvalue weighted by Crippen LogP contribution is -2.34. The minimum atomic E-state index is -4.50. The molecule has 3 aromatic heterocycles. The smallest absolute Gasteiger partial charge is 0.369 e. The molecule has 7 rings (SSSR count). The summed E-state index contributed by atoms with van der Waals surface area (Å²) in [5.41, 5.74) is 4.73. The van der Waals surface area contributed by atoms with E-state index < -0.39 is 81.5 Å². The van der Waals surface area contributed by atoms with Crippen LogP contribution in [0.15, 0.2) is 22.4 Å². The van der Waals surface area contributed by atoms with Gasteiger partial charge in [0.1, 0.15) is 24.4 Å². The quantitative estimate of drug-likeness (QED) is 0.218. The summed E-state index contributed by atoms with van der Waals surface area (Å²) >= 11 is 9.09. The second-order valence-corrected chi connectivity index (χ2v) is 15.9. The first-order valence-electron chi connectivity index (χ1n) is 13.1. The van der Waals surface area contributed by atoms with Crippen molar-refractivity contribution in [3.8, 4) is 0 Å². The summed E-state index contributed by atoms with van der Waals surface area (Å²) in [6.07, 6.45) is -9.84. The zero-order valence-electron chi connectivity index (χ0n) is 22.4. The third kappa shape index (κ3) is 5.61. The third-order valence-corrected chi connectivity index (χ3v) is 10.5. The zero-order valence-corrected chi connectivity index (χ0v) is 25.9. The van der Waals surface area contributed by atoms with Crippen LogP contribution in [0.1, 0.15) is 29.4 Å². The normalized spacial score (nSPS) is 38.8. The zero-order chi connectivity index (χ0) is 31.8. The van der Waals surface area contributed by atoms with E-state index >= 15 is 8.78 Å². The number of aliphatic imine (C=N–C) groups is 1. The van der Waals surface area contributed by atoms with Gasteiger partial charge in [-0.3, -0.25) is 37.3 Å². The first-order valence-corrected chi connectivity index (χ1v) is 18.4. The van der Waals surface area contributed by atoms with Crippen molar-refractivity contribution in [1.29, 1.82) is 0 Å². The van der Waals surface area contributed by atoms with E-state index in [1.54, 1.807) is 0 Å². The summed E-state index contributed by atoms with van der Waals surface area (Å²) in [7, 11) is 0. The standard InChI is InChI=1S/C21H22F2N8O10P2S2/c22-10-8-3-36-42(34,44)40-14-9(39-19(11(14)23)30-5-26-12-7(32)1-2-25-16(12)30)4-37-43(35,45)41-15(10)20(38-8)31-6-27-13-17(31)28-21(24)29-18(13)33/h2,5-6,8-11,14-15,19-20H,1,3-4H2,(H,34,44)(H,35,45)(H3,24,28,29,33)/t8-,9-,10+,11+,14-,15-,19-,20-,42?,43?/m1/s1. The highest BCUT2D eigenvalue weighted by Gasteiger charge is 2.54. The number of nitrogens with one attached hydrogen (secondary N) is 1. The van der Waals surface area contributed by atoms with Gasteiger partial charge >= 0.3 is 13.5 Å². The van der Waals surface area contributed by atoms with E-state index in [0.29, 0.717) is 0 Å². The summed E-state index contributed by atoms with van der Waals surface area (Å²) in [6, 6.07) is 0. The van der Waals surface area contributed by atoms with E-state index in [0.717, 1.165) is 17.2 Å². The number of anilines is 1. The highest BCUT2D eigenvalue weighted by molar-refractivity contribution is 8.44. The van der Waals surface area contributed by atoms with E-state index in [2.05, 4.69) is 37.2 Å². The summed E-state index contributed by atoms with van der Waals surface area (Å²) in [5.74, 6) is -0.566. The van der Waals surface area contributed by atoms with Crippen LogP contribution >= 0.6 is 25.8 Å². The van der Waals surface area contributed by atoms with Crippen molar-refractivity contribution in [2.24, 2.45) is 4.99 Å². The van der Waals surface area contributed by atoms with Crippen molar-refractivity contribution < 1.29 is 50.6 Å². The Kier molecular flexibility index (Phi) is 7.84. The number of ketones is 1. The van der Waals surface area contributed by atoms with Gasteiger partial charge in [-0.2, -0.15) is 4.98 Å². The molecule has 242 valence electrons. The lowest BCUT2D eigenvalue weighted by atomic mass is 10.1. The van der Waals surface area contributed by atoms with Gasteiger partial charge in [-0.15, -0.1) is 0 Å². The fourth-order valence-corrected chi connectivity index (χ4v) is 8.24. The van der Waals surface area contributed by atoms with Gasteiger partial charge in [0.25, 0.3) is 5.56 Å². The van der Waals surface area contributed by atoms with Gasteiger partial charge in [0.15, 0.2) is 53.3 Å². The number of carbonyl (C=O) groups excluding carboxylic acids is 1. The monoisotopic (exact) mass is 710 g/mol. The minimum Gasteiger partial charge on any atom is -0.369 e. The lowest BCUT2D eigenvalue weighted by Gasteiger charge is -2.26. The minimum absolute atomic E-state index is 0.00967. The number of H-pyrrole nitrogens is 1. The molecule has 24 heteroatoms. The molecule has 45 heavy (non-hydrogen) atoms. The van der Waals surface area contributed by atoms with Crippen molar-refractivity contribution in [3.63, 3.8) is 0 Å². The molecule has 18 nitrogen and oxygen atoms in total. The molecule has 3 fully saturated rings. The number of ether oxygens (including phenoxy) is 2. The largest absolute Gasteiger partial charge is 0.386 e. The molecule has 0 saturated carbocycles. The fourth-order valence-electron chi connectivity index (χ4n) is 5.35. The molecule has 2 unspecified atom stereocenters. The number of rotatable bonds is 2. The van der Waals surface area contributed by atoms with Gasteiger partial charge in [-0.25, -0.2) is 28.3 Å². The highest BCUT2D eigenvalue weighted by atomic mass is 32.7. The number of hydrogen-bond donors (Lipinski definition) is 4. The predicted molar refractivity (Wildman–Crippen MR) is 154 cm³/mol. The van der Waals surface area contributed by atoms with Gasteiger partial charge in [-0.05, 0) is 11.8 Å². The van der Waals surface area contributed by atoms with Crippen LogP contribution in [-0.2, 0) is 43.9 Å².